The molecule has 0 radical (unpaired) electrons. The number of ether oxygens (including phenoxy) is 4. The first-order valence-corrected chi connectivity index (χ1v) is 9.12. The number of para-hydroxylation sites is 4. The van der Waals surface area contributed by atoms with Crippen LogP contribution in [0.2, 0.25) is 0 Å². The van der Waals surface area contributed by atoms with Gasteiger partial charge in [0.1, 0.15) is 13.2 Å². The third-order valence-electron chi connectivity index (χ3n) is 3.87. The summed E-state index contributed by atoms with van der Waals surface area (Å²) in [5, 5.41) is 0. The number of nitrogens with zero attached hydrogens (tertiary/aromatic N) is 1. The molecule has 0 saturated heterocycles. The molecule has 0 amide bonds. The fourth-order valence-corrected chi connectivity index (χ4v) is 2.74. The summed E-state index contributed by atoms with van der Waals surface area (Å²) >= 11 is 5.92. The Kier molecular flexibility index (Phi) is 8.93. The van der Waals surface area contributed by atoms with Gasteiger partial charge in [0.2, 0.25) is 0 Å². The van der Waals surface area contributed by atoms with Crippen LogP contribution in [0.3, 0.4) is 0 Å². The topological polar surface area (TPSA) is 40.2 Å². The van der Waals surface area contributed by atoms with Crippen LogP contribution in [0.5, 0.6) is 23.0 Å². The molecule has 0 aliphatic carbocycles. The lowest BCUT2D eigenvalue weighted by Crippen LogP contribution is -2.34. The molecule has 6 heteroatoms. The molecule has 0 bridgehead atoms. The summed E-state index contributed by atoms with van der Waals surface area (Å²) in [5.74, 6) is 3.51. The van der Waals surface area contributed by atoms with Gasteiger partial charge < -0.3 is 18.9 Å². The molecule has 142 valence electrons. The average molecular weight is 380 g/mol. The molecule has 0 N–H and O–H groups in total. The fourth-order valence-electron chi connectivity index (χ4n) is 2.50. The lowest BCUT2D eigenvalue weighted by atomic mass is 10.3. The summed E-state index contributed by atoms with van der Waals surface area (Å²) in [6, 6.07) is 15.2. The highest BCUT2D eigenvalue weighted by atomic mass is 35.5. The highest BCUT2D eigenvalue weighted by molar-refractivity contribution is 6.18. The van der Waals surface area contributed by atoms with Gasteiger partial charge in [0.05, 0.1) is 14.2 Å². The molecule has 0 saturated carbocycles. The third kappa shape index (κ3) is 6.32. The number of hydrogen-bond donors (Lipinski definition) is 0. The predicted octanol–water partition coefficient (Wildman–Crippen LogP) is 3.70. The average Bonchev–Trinajstić information content (AvgIpc) is 2.68. The lowest BCUT2D eigenvalue weighted by Gasteiger charge is -2.22. The summed E-state index contributed by atoms with van der Waals surface area (Å²) in [6.07, 6.45) is 0. The molecule has 2 aromatic rings. The maximum Gasteiger partial charge on any atom is 0.161 e. The minimum atomic E-state index is 0.548. The van der Waals surface area contributed by atoms with Crippen LogP contribution in [0.15, 0.2) is 48.5 Å². The fraction of sp³-hybridized carbons (Fsp3) is 0.400. The number of benzene rings is 2. The maximum atomic E-state index is 5.92. The summed E-state index contributed by atoms with van der Waals surface area (Å²) in [6.45, 7) is 3.37. The van der Waals surface area contributed by atoms with Crippen LogP contribution in [0, 0.1) is 0 Å². The largest absolute Gasteiger partial charge is 0.493 e. The minimum absolute atomic E-state index is 0.548. The normalized spacial score (nSPS) is 10.6. The highest BCUT2D eigenvalue weighted by Gasteiger charge is 2.08. The van der Waals surface area contributed by atoms with Crippen LogP contribution in [-0.2, 0) is 0 Å². The second-order valence-corrected chi connectivity index (χ2v) is 5.91. The van der Waals surface area contributed by atoms with Crippen LogP contribution in [0.4, 0.5) is 0 Å². The van der Waals surface area contributed by atoms with Gasteiger partial charge in [0.15, 0.2) is 23.0 Å². The van der Waals surface area contributed by atoms with Gasteiger partial charge in [-0.25, -0.2) is 0 Å². The Hall–Kier alpha value is -2.11. The van der Waals surface area contributed by atoms with Crippen LogP contribution >= 0.6 is 11.6 Å². The first-order valence-electron chi connectivity index (χ1n) is 8.58. The van der Waals surface area contributed by atoms with Crippen molar-refractivity contribution in [1.82, 2.24) is 4.90 Å². The zero-order valence-corrected chi connectivity index (χ0v) is 16.1. The first-order chi connectivity index (χ1) is 12.8. The second-order valence-electron chi connectivity index (χ2n) is 5.53. The summed E-state index contributed by atoms with van der Waals surface area (Å²) in [7, 11) is 3.27. The minimum Gasteiger partial charge on any atom is -0.493 e. The van der Waals surface area contributed by atoms with Gasteiger partial charge in [0.25, 0.3) is 0 Å². The molecule has 0 aliphatic heterocycles. The summed E-state index contributed by atoms with van der Waals surface area (Å²) < 4.78 is 22.3. The SMILES string of the molecule is COc1ccccc1OCCN(CCCl)CCOc1ccccc1OC. The van der Waals surface area contributed by atoms with E-state index in [1.165, 1.54) is 0 Å². The third-order valence-corrected chi connectivity index (χ3v) is 4.04. The van der Waals surface area contributed by atoms with Crippen LogP contribution in [0.1, 0.15) is 0 Å². The van der Waals surface area contributed by atoms with E-state index < -0.39 is 0 Å². The molecular weight excluding hydrogens is 354 g/mol. The van der Waals surface area contributed by atoms with Gasteiger partial charge >= 0.3 is 0 Å². The zero-order chi connectivity index (χ0) is 18.6. The smallest absolute Gasteiger partial charge is 0.161 e. The van der Waals surface area contributed by atoms with Crippen molar-refractivity contribution in [3.05, 3.63) is 48.5 Å². The predicted molar refractivity (Wildman–Crippen MR) is 104 cm³/mol. The van der Waals surface area contributed by atoms with Gasteiger partial charge in [-0.2, -0.15) is 0 Å². The van der Waals surface area contributed by atoms with E-state index >= 15 is 0 Å². The number of rotatable bonds is 12. The van der Waals surface area contributed by atoms with E-state index in [9.17, 15) is 0 Å². The Morgan fingerprint density at radius 1 is 0.692 bits per heavy atom. The zero-order valence-electron chi connectivity index (χ0n) is 15.3. The van der Waals surface area contributed by atoms with Crippen molar-refractivity contribution < 1.29 is 18.9 Å². The second kappa shape index (κ2) is 11.5. The monoisotopic (exact) mass is 379 g/mol. The molecule has 0 fully saturated rings. The van der Waals surface area contributed by atoms with Crippen molar-refractivity contribution in [2.45, 2.75) is 0 Å². The van der Waals surface area contributed by atoms with E-state index in [0.29, 0.717) is 19.1 Å². The number of alkyl halides is 1. The molecule has 0 aromatic heterocycles. The number of methoxy groups -OCH3 is 2. The van der Waals surface area contributed by atoms with E-state index in [-0.39, 0.29) is 0 Å². The Bertz CT molecular complexity index is 600. The number of hydrogen-bond acceptors (Lipinski definition) is 5. The van der Waals surface area contributed by atoms with E-state index in [1.807, 2.05) is 48.5 Å². The molecule has 2 aromatic carbocycles. The van der Waals surface area contributed by atoms with Crippen molar-refractivity contribution in [3.8, 4) is 23.0 Å². The Labute approximate surface area is 160 Å². The van der Waals surface area contributed by atoms with Crippen molar-refractivity contribution in [2.75, 3.05) is 52.9 Å². The molecule has 0 heterocycles. The Morgan fingerprint density at radius 3 is 1.50 bits per heavy atom. The van der Waals surface area contributed by atoms with E-state index in [0.717, 1.165) is 42.6 Å². The van der Waals surface area contributed by atoms with Crippen molar-refractivity contribution in [3.63, 3.8) is 0 Å². The highest BCUT2D eigenvalue weighted by Crippen LogP contribution is 2.26. The molecular formula is C20H26ClNO4. The van der Waals surface area contributed by atoms with Crippen molar-refractivity contribution >= 4 is 11.6 Å². The van der Waals surface area contributed by atoms with Crippen LogP contribution in [-0.4, -0.2) is 57.8 Å². The van der Waals surface area contributed by atoms with E-state index in [2.05, 4.69) is 4.90 Å². The standard InChI is InChI=1S/C20H26ClNO4/c1-23-17-7-3-5-9-19(17)25-15-13-22(12-11-21)14-16-26-20-10-6-4-8-18(20)24-2/h3-10H,11-16H2,1-2H3. The van der Waals surface area contributed by atoms with E-state index in [4.69, 9.17) is 30.5 Å². The van der Waals surface area contributed by atoms with Gasteiger partial charge in [-0.1, -0.05) is 24.3 Å². The molecule has 0 spiro atoms. The summed E-state index contributed by atoms with van der Waals surface area (Å²) in [4.78, 5) is 2.21. The quantitative estimate of drug-likeness (QED) is 0.526. The van der Waals surface area contributed by atoms with Crippen LogP contribution < -0.4 is 18.9 Å². The van der Waals surface area contributed by atoms with Crippen LogP contribution in [0.25, 0.3) is 0 Å². The Balaban J connectivity index is 1.79. The number of halogens is 1. The van der Waals surface area contributed by atoms with Crippen molar-refractivity contribution in [1.29, 1.82) is 0 Å². The van der Waals surface area contributed by atoms with Gasteiger partial charge in [-0.3, -0.25) is 4.90 Å². The Morgan fingerprint density at radius 2 is 1.12 bits per heavy atom. The van der Waals surface area contributed by atoms with Gasteiger partial charge in [0, 0.05) is 25.5 Å². The van der Waals surface area contributed by atoms with Gasteiger partial charge in [-0.05, 0) is 24.3 Å². The molecule has 0 atom stereocenters. The summed E-state index contributed by atoms with van der Waals surface area (Å²) in [5.41, 5.74) is 0. The van der Waals surface area contributed by atoms with E-state index in [1.54, 1.807) is 14.2 Å². The lowest BCUT2D eigenvalue weighted by molar-refractivity contribution is 0.179. The molecule has 0 unspecified atom stereocenters. The molecule has 2 rings (SSSR count). The van der Waals surface area contributed by atoms with Gasteiger partial charge in [-0.15, -0.1) is 11.6 Å². The molecule has 0 aliphatic rings. The molecule has 26 heavy (non-hydrogen) atoms. The first kappa shape index (κ1) is 20.2. The maximum absolute atomic E-state index is 5.92. The molecule has 5 nitrogen and oxygen atoms in total. The van der Waals surface area contributed by atoms with Crippen molar-refractivity contribution in [2.24, 2.45) is 0 Å².